The molecule has 1 aromatic carbocycles. The number of hydrogen-bond donors (Lipinski definition) is 1. The molecule has 0 amide bonds. The van der Waals surface area contributed by atoms with E-state index >= 15 is 0 Å². The summed E-state index contributed by atoms with van der Waals surface area (Å²) in [5.41, 5.74) is 3.93. The fraction of sp³-hybridized carbons (Fsp3) is 0. The van der Waals surface area contributed by atoms with Gasteiger partial charge in [0.1, 0.15) is 0 Å². The van der Waals surface area contributed by atoms with E-state index in [4.69, 9.17) is 5.14 Å². The second kappa shape index (κ2) is 5.24. The third-order valence-electron chi connectivity index (χ3n) is 3.35. The molecule has 116 valence electrons. The van der Waals surface area contributed by atoms with Gasteiger partial charge in [-0.2, -0.15) is 11.3 Å². The molecule has 0 radical (unpaired) electrons. The topological polar surface area (TPSA) is 90.4 Å². The van der Waals surface area contributed by atoms with Crippen LogP contribution in [0, 0.1) is 0 Å². The number of hydrogen-bond acceptors (Lipinski definition) is 6. The van der Waals surface area contributed by atoms with Crippen molar-refractivity contribution in [1.29, 1.82) is 0 Å². The number of nitrogens with two attached hydrogens (primary N) is 1. The van der Waals surface area contributed by atoms with Crippen LogP contribution in [0.4, 0.5) is 0 Å². The van der Waals surface area contributed by atoms with Crippen molar-refractivity contribution in [3.05, 3.63) is 47.3 Å². The van der Waals surface area contributed by atoms with Crippen molar-refractivity contribution < 1.29 is 8.42 Å². The SMILES string of the molecule is NS(=O)(=O)c1nn2c(-c3ccc(-c4ccsc4)cc3)cnc2s1. The zero-order valence-corrected chi connectivity index (χ0v) is 14.0. The smallest absolute Gasteiger partial charge is 0.225 e. The summed E-state index contributed by atoms with van der Waals surface area (Å²) in [6.07, 6.45) is 1.67. The first kappa shape index (κ1) is 14.5. The van der Waals surface area contributed by atoms with Gasteiger partial charge in [0.25, 0.3) is 10.0 Å². The molecule has 0 saturated carbocycles. The highest BCUT2D eigenvalue weighted by Gasteiger charge is 2.18. The average Bonchev–Trinajstić information content (AvgIpc) is 3.23. The van der Waals surface area contributed by atoms with E-state index in [1.165, 1.54) is 10.1 Å². The summed E-state index contributed by atoms with van der Waals surface area (Å²) >= 11 is 2.60. The van der Waals surface area contributed by atoms with Gasteiger partial charge in [0, 0.05) is 5.56 Å². The zero-order chi connectivity index (χ0) is 16.0. The Bertz CT molecular complexity index is 1080. The average molecular weight is 362 g/mol. The number of aromatic nitrogens is 3. The van der Waals surface area contributed by atoms with Crippen molar-refractivity contribution in [3.63, 3.8) is 0 Å². The predicted molar refractivity (Wildman–Crippen MR) is 91.0 cm³/mol. The molecule has 4 aromatic rings. The Morgan fingerprint density at radius 3 is 2.43 bits per heavy atom. The Labute approximate surface area is 139 Å². The minimum Gasteiger partial charge on any atom is -0.225 e. The lowest BCUT2D eigenvalue weighted by atomic mass is 10.1. The summed E-state index contributed by atoms with van der Waals surface area (Å²) in [6, 6.07) is 10.0. The monoisotopic (exact) mass is 362 g/mol. The minimum absolute atomic E-state index is 0.142. The third kappa shape index (κ3) is 2.57. The van der Waals surface area contributed by atoms with Crippen molar-refractivity contribution in [2.24, 2.45) is 5.14 Å². The Hall–Kier alpha value is -2.07. The maximum Gasteiger partial charge on any atom is 0.267 e. The van der Waals surface area contributed by atoms with E-state index in [1.807, 2.05) is 29.6 Å². The van der Waals surface area contributed by atoms with Gasteiger partial charge in [0.2, 0.25) is 9.30 Å². The number of nitrogens with zero attached hydrogens (tertiary/aromatic N) is 3. The number of benzene rings is 1. The van der Waals surface area contributed by atoms with E-state index in [-0.39, 0.29) is 4.34 Å². The van der Waals surface area contributed by atoms with Gasteiger partial charge < -0.3 is 0 Å². The van der Waals surface area contributed by atoms with Crippen LogP contribution in [-0.2, 0) is 10.0 Å². The first-order chi connectivity index (χ1) is 11.0. The molecule has 0 unspecified atom stereocenters. The van der Waals surface area contributed by atoms with Crippen molar-refractivity contribution in [1.82, 2.24) is 14.6 Å². The summed E-state index contributed by atoms with van der Waals surface area (Å²) in [7, 11) is -3.82. The predicted octanol–water partition coefficient (Wildman–Crippen LogP) is 2.83. The number of imidazole rings is 1. The third-order valence-corrected chi connectivity index (χ3v) is 6.26. The zero-order valence-electron chi connectivity index (χ0n) is 11.6. The largest absolute Gasteiger partial charge is 0.267 e. The molecule has 0 saturated heterocycles. The van der Waals surface area contributed by atoms with E-state index < -0.39 is 10.0 Å². The molecular formula is C14H10N4O2S3. The fourth-order valence-corrected chi connectivity index (χ4v) is 4.41. The van der Waals surface area contributed by atoms with Gasteiger partial charge in [-0.15, -0.1) is 5.10 Å². The van der Waals surface area contributed by atoms with E-state index in [1.54, 1.807) is 17.5 Å². The van der Waals surface area contributed by atoms with Gasteiger partial charge in [-0.25, -0.2) is 23.1 Å². The van der Waals surface area contributed by atoms with Crippen LogP contribution in [0.3, 0.4) is 0 Å². The number of thiophene rings is 1. The first-order valence-electron chi connectivity index (χ1n) is 6.53. The summed E-state index contributed by atoms with van der Waals surface area (Å²) in [4.78, 5) is 4.69. The maximum atomic E-state index is 11.4. The number of primary sulfonamides is 1. The Morgan fingerprint density at radius 2 is 1.78 bits per heavy atom. The molecule has 0 fully saturated rings. The fourth-order valence-electron chi connectivity index (χ4n) is 2.25. The van der Waals surface area contributed by atoms with Crippen LogP contribution in [0.25, 0.3) is 27.3 Å². The lowest BCUT2D eigenvalue weighted by Gasteiger charge is -2.01. The Balaban J connectivity index is 1.78. The molecule has 9 heteroatoms. The van der Waals surface area contributed by atoms with E-state index in [0.717, 1.165) is 28.2 Å². The molecule has 4 rings (SSSR count). The number of rotatable bonds is 3. The van der Waals surface area contributed by atoms with Gasteiger partial charge in [0.15, 0.2) is 0 Å². The van der Waals surface area contributed by atoms with Gasteiger partial charge >= 0.3 is 0 Å². The summed E-state index contributed by atoms with van der Waals surface area (Å²) < 4.78 is 24.2. The molecule has 6 nitrogen and oxygen atoms in total. The van der Waals surface area contributed by atoms with Crippen LogP contribution >= 0.6 is 22.7 Å². The first-order valence-corrected chi connectivity index (χ1v) is 9.83. The highest BCUT2D eigenvalue weighted by molar-refractivity contribution is 7.91. The van der Waals surface area contributed by atoms with Crippen LogP contribution in [0.1, 0.15) is 0 Å². The molecule has 0 bridgehead atoms. The minimum atomic E-state index is -3.82. The van der Waals surface area contributed by atoms with Crippen molar-refractivity contribution in [3.8, 4) is 22.4 Å². The van der Waals surface area contributed by atoms with E-state index in [9.17, 15) is 8.42 Å². The van der Waals surface area contributed by atoms with Crippen LogP contribution < -0.4 is 5.14 Å². The normalized spacial score (nSPS) is 12.0. The van der Waals surface area contributed by atoms with E-state index in [2.05, 4.69) is 21.5 Å². The second-order valence-corrected chi connectivity index (χ2v) is 8.31. The van der Waals surface area contributed by atoms with Crippen molar-refractivity contribution in [2.75, 3.05) is 0 Å². The van der Waals surface area contributed by atoms with Crippen LogP contribution in [0.2, 0.25) is 0 Å². The number of fused-ring (bicyclic) bond motifs is 1. The molecule has 2 N–H and O–H groups in total. The van der Waals surface area contributed by atoms with Gasteiger partial charge in [-0.1, -0.05) is 35.6 Å². The van der Waals surface area contributed by atoms with Crippen LogP contribution in [-0.4, -0.2) is 23.0 Å². The maximum absolute atomic E-state index is 11.4. The Morgan fingerprint density at radius 1 is 1.04 bits per heavy atom. The highest BCUT2D eigenvalue weighted by Crippen LogP contribution is 2.28. The van der Waals surface area contributed by atoms with Crippen LogP contribution in [0.5, 0.6) is 0 Å². The quantitative estimate of drug-likeness (QED) is 0.607. The van der Waals surface area contributed by atoms with Gasteiger partial charge in [-0.05, 0) is 28.0 Å². The van der Waals surface area contributed by atoms with Crippen molar-refractivity contribution in [2.45, 2.75) is 4.34 Å². The molecule has 3 heterocycles. The molecule has 0 spiro atoms. The molecule has 0 atom stereocenters. The lowest BCUT2D eigenvalue weighted by molar-refractivity contribution is 0.595. The molecule has 0 aliphatic carbocycles. The molecule has 3 aromatic heterocycles. The number of sulfonamides is 1. The van der Waals surface area contributed by atoms with Gasteiger partial charge in [0.05, 0.1) is 11.9 Å². The van der Waals surface area contributed by atoms with Gasteiger partial charge in [-0.3, -0.25) is 0 Å². The highest BCUT2D eigenvalue weighted by atomic mass is 32.2. The lowest BCUT2D eigenvalue weighted by Crippen LogP contribution is -2.12. The summed E-state index contributed by atoms with van der Waals surface area (Å²) in [5.74, 6) is 0. The van der Waals surface area contributed by atoms with Crippen molar-refractivity contribution >= 4 is 37.7 Å². The summed E-state index contributed by atoms with van der Waals surface area (Å²) in [5, 5.41) is 13.3. The molecule has 0 aliphatic rings. The van der Waals surface area contributed by atoms with E-state index in [0.29, 0.717) is 4.96 Å². The van der Waals surface area contributed by atoms with Crippen LogP contribution in [0.15, 0.2) is 51.6 Å². The standard InChI is InChI=1S/C14H10N4O2S3/c15-23(19,20)14-17-18-12(7-16-13(18)22-14)10-3-1-9(2-4-10)11-5-6-21-8-11/h1-8H,(H2,15,19,20). The summed E-state index contributed by atoms with van der Waals surface area (Å²) in [6.45, 7) is 0. The molecule has 0 aliphatic heterocycles. The molecular weight excluding hydrogens is 352 g/mol. The molecule has 23 heavy (non-hydrogen) atoms. The second-order valence-electron chi connectivity index (χ2n) is 4.84. The Kier molecular flexibility index (Phi) is 3.31.